The van der Waals surface area contributed by atoms with Crippen molar-refractivity contribution in [1.29, 1.82) is 5.26 Å². The van der Waals surface area contributed by atoms with Crippen LogP contribution in [0.2, 0.25) is 5.02 Å². The zero-order valence-electron chi connectivity index (χ0n) is 19.8. The summed E-state index contributed by atoms with van der Waals surface area (Å²) in [6.07, 6.45) is -0.560. The minimum Gasteiger partial charge on any atom is -0.434 e. The molecule has 2 atom stereocenters. The number of imidazole rings is 1. The predicted molar refractivity (Wildman–Crippen MR) is 130 cm³/mol. The van der Waals surface area contributed by atoms with Gasteiger partial charge in [0.1, 0.15) is 29.4 Å². The molecule has 37 heavy (non-hydrogen) atoms. The summed E-state index contributed by atoms with van der Waals surface area (Å²) in [5.41, 5.74) is 1.88. The third-order valence-corrected chi connectivity index (χ3v) is 6.66. The summed E-state index contributed by atoms with van der Waals surface area (Å²) in [4.78, 5) is 4.41. The monoisotopic (exact) mass is 527 g/mol. The van der Waals surface area contributed by atoms with Crippen molar-refractivity contribution in [3.63, 3.8) is 0 Å². The molecule has 0 radical (unpaired) electrons. The number of ether oxygens (including phenoxy) is 2. The lowest BCUT2D eigenvalue weighted by Gasteiger charge is -2.28. The molecule has 1 N–H and O–H groups in total. The van der Waals surface area contributed by atoms with E-state index < -0.39 is 30.1 Å². The first-order chi connectivity index (χ1) is 17.6. The molecule has 0 saturated heterocycles. The van der Waals surface area contributed by atoms with Crippen molar-refractivity contribution in [2.45, 2.75) is 38.1 Å². The molecule has 0 unspecified atom stereocenters. The smallest absolute Gasteiger partial charge is 0.387 e. The highest BCUT2D eigenvalue weighted by atomic mass is 35.5. The molecule has 2 aromatic carbocycles. The van der Waals surface area contributed by atoms with E-state index in [1.54, 1.807) is 42.5 Å². The van der Waals surface area contributed by atoms with Crippen LogP contribution >= 0.6 is 11.6 Å². The maximum Gasteiger partial charge on any atom is 0.387 e. The van der Waals surface area contributed by atoms with Crippen LogP contribution in [0.25, 0.3) is 16.8 Å². The minimum atomic E-state index is -3.08. The zero-order valence-corrected chi connectivity index (χ0v) is 20.5. The number of hydrogen-bond donors (Lipinski definition) is 1. The predicted octanol–water partition coefficient (Wildman–Crippen LogP) is 6.35. The van der Waals surface area contributed by atoms with Gasteiger partial charge in [0.2, 0.25) is 0 Å². The molecule has 5 rings (SSSR count). The van der Waals surface area contributed by atoms with Gasteiger partial charge in [0.25, 0.3) is 0 Å². The fourth-order valence-electron chi connectivity index (χ4n) is 4.46. The van der Waals surface area contributed by atoms with Gasteiger partial charge in [0.15, 0.2) is 0 Å². The Labute approximate surface area is 215 Å². The fraction of sp³-hybridized carbons (Fsp3) is 0.259. The van der Waals surface area contributed by atoms with Crippen molar-refractivity contribution in [3.05, 3.63) is 88.1 Å². The molecule has 6 nitrogen and oxygen atoms in total. The largest absolute Gasteiger partial charge is 0.434 e. The Hall–Kier alpha value is -3.58. The molecule has 2 aromatic heterocycles. The average Bonchev–Trinajstić information content (AvgIpc) is 3.24. The number of rotatable bonds is 5. The lowest BCUT2D eigenvalue weighted by Crippen LogP contribution is -2.23. The maximum atomic E-state index is 15.2. The van der Waals surface area contributed by atoms with E-state index in [-0.39, 0.29) is 39.8 Å². The van der Waals surface area contributed by atoms with Crippen molar-refractivity contribution in [1.82, 2.24) is 9.38 Å². The molecule has 0 spiro atoms. The van der Waals surface area contributed by atoms with Crippen molar-refractivity contribution in [3.8, 4) is 22.9 Å². The first-order valence-corrected chi connectivity index (χ1v) is 11.7. The number of halogens is 4. The second-order valence-electron chi connectivity index (χ2n) is 9.25. The van der Waals surface area contributed by atoms with Gasteiger partial charge >= 0.3 is 6.61 Å². The average molecular weight is 528 g/mol. The van der Waals surface area contributed by atoms with Gasteiger partial charge in [-0.25, -0.2) is 9.37 Å². The SMILES string of the molecule is CC(C)(C#N)c1ccc(-c2cn3c4c(nc3cc2F)[C@H](O)CO[C@H]4c2cc(Cl)ccc2OC(F)F)cc1. The number of fused-ring (bicyclic) bond motifs is 3. The van der Waals surface area contributed by atoms with Gasteiger partial charge in [-0.15, -0.1) is 0 Å². The second kappa shape index (κ2) is 9.38. The molecule has 3 heterocycles. The molecular weight excluding hydrogens is 507 g/mol. The minimum absolute atomic E-state index is 0.139. The van der Waals surface area contributed by atoms with Gasteiger partial charge in [-0.1, -0.05) is 35.9 Å². The van der Waals surface area contributed by atoms with E-state index in [9.17, 15) is 19.1 Å². The summed E-state index contributed by atoms with van der Waals surface area (Å²) in [7, 11) is 0. The maximum absolute atomic E-state index is 15.2. The Kier molecular flexibility index (Phi) is 6.36. The van der Waals surface area contributed by atoms with Gasteiger partial charge < -0.3 is 14.6 Å². The third kappa shape index (κ3) is 4.53. The Balaban J connectivity index is 1.67. The molecule has 1 aliphatic rings. The molecule has 0 bridgehead atoms. The van der Waals surface area contributed by atoms with Crippen LogP contribution in [0.5, 0.6) is 5.75 Å². The molecule has 4 aromatic rings. The van der Waals surface area contributed by atoms with Crippen LogP contribution in [0.15, 0.2) is 54.7 Å². The van der Waals surface area contributed by atoms with E-state index in [2.05, 4.69) is 11.1 Å². The fourth-order valence-corrected chi connectivity index (χ4v) is 4.64. The molecule has 0 fully saturated rings. The molecule has 10 heteroatoms. The number of alkyl halides is 2. The Morgan fingerprint density at radius 2 is 1.95 bits per heavy atom. The Bertz CT molecular complexity index is 1530. The first-order valence-electron chi connectivity index (χ1n) is 11.4. The topological polar surface area (TPSA) is 79.8 Å². The highest BCUT2D eigenvalue weighted by Crippen LogP contribution is 2.42. The van der Waals surface area contributed by atoms with E-state index in [0.717, 1.165) is 5.56 Å². The third-order valence-electron chi connectivity index (χ3n) is 6.43. The van der Waals surface area contributed by atoms with Gasteiger partial charge in [0.05, 0.1) is 29.5 Å². The lowest BCUT2D eigenvalue weighted by molar-refractivity contribution is -0.0548. The summed E-state index contributed by atoms with van der Waals surface area (Å²) in [6.45, 7) is 0.345. The Morgan fingerprint density at radius 1 is 1.22 bits per heavy atom. The molecule has 190 valence electrons. The van der Waals surface area contributed by atoms with Crippen molar-refractivity contribution in [2.24, 2.45) is 0 Å². The highest BCUT2D eigenvalue weighted by Gasteiger charge is 2.35. The highest BCUT2D eigenvalue weighted by molar-refractivity contribution is 6.30. The summed E-state index contributed by atoms with van der Waals surface area (Å²) >= 11 is 6.16. The zero-order chi connectivity index (χ0) is 26.5. The molecular formula is C27H21ClF3N3O3. The van der Waals surface area contributed by atoms with Gasteiger partial charge in [0, 0.05) is 28.4 Å². The van der Waals surface area contributed by atoms with E-state index in [1.165, 1.54) is 30.5 Å². The van der Waals surface area contributed by atoms with Crippen LogP contribution in [0.1, 0.15) is 48.6 Å². The van der Waals surface area contributed by atoms with Crippen molar-refractivity contribution in [2.75, 3.05) is 6.61 Å². The number of nitriles is 1. The van der Waals surface area contributed by atoms with Gasteiger partial charge in [-0.05, 0) is 43.2 Å². The number of aliphatic hydroxyl groups is 1. The molecule has 0 saturated carbocycles. The van der Waals surface area contributed by atoms with Gasteiger partial charge in [-0.2, -0.15) is 14.0 Å². The van der Waals surface area contributed by atoms with Crippen molar-refractivity contribution < 1.29 is 27.8 Å². The summed E-state index contributed by atoms with van der Waals surface area (Å²) in [5, 5.41) is 20.3. The van der Waals surface area contributed by atoms with E-state index >= 15 is 4.39 Å². The van der Waals surface area contributed by atoms with E-state index in [1.807, 2.05) is 0 Å². The van der Waals surface area contributed by atoms with E-state index in [4.69, 9.17) is 21.1 Å². The summed E-state index contributed by atoms with van der Waals surface area (Å²) < 4.78 is 53.6. The van der Waals surface area contributed by atoms with Crippen LogP contribution in [0.4, 0.5) is 13.2 Å². The van der Waals surface area contributed by atoms with Crippen LogP contribution in [0.3, 0.4) is 0 Å². The van der Waals surface area contributed by atoms with Crippen LogP contribution < -0.4 is 4.74 Å². The van der Waals surface area contributed by atoms with Gasteiger partial charge in [-0.3, -0.25) is 4.40 Å². The molecule has 0 amide bonds. The standard InChI is InChI=1S/C27H21ClF3N3O3/c1-27(2,13-32)15-5-3-14(4-6-15)18-11-34-22(10-19(18)29)33-23-20(35)12-36-25(24(23)34)17-9-16(28)7-8-21(17)37-26(30)31/h3-11,20,25-26,35H,12H2,1-2H3/t20-,25+/m1/s1. The molecule has 1 aliphatic heterocycles. The first kappa shape index (κ1) is 25.1. The number of benzene rings is 2. The van der Waals surface area contributed by atoms with E-state index in [0.29, 0.717) is 11.3 Å². The van der Waals surface area contributed by atoms with Crippen LogP contribution in [-0.4, -0.2) is 27.7 Å². The molecule has 0 aliphatic carbocycles. The number of nitrogens with zero attached hydrogens (tertiary/aromatic N) is 3. The lowest BCUT2D eigenvalue weighted by atomic mass is 9.85. The van der Waals surface area contributed by atoms with Crippen LogP contribution in [0, 0.1) is 17.1 Å². The quantitative estimate of drug-likeness (QED) is 0.327. The van der Waals surface area contributed by atoms with Crippen LogP contribution in [-0.2, 0) is 10.2 Å². The second-order valence-corrected chi connectivity index (χ2v) is 9.69. The Morgan fingerprint density at radius 3 is 2.62 bits per heavy atom. The summed E-state index contributed by atoms with van der Waals surface area (Å²) in [5.74, 6) is -0.682. The van der Waals surface area contributed by atoms with Crippen molar-refractivity contribution >= 4 is 17.2 Å². The normalized spacial score (nSPS) is 17.6. The number of aromatic nitrogens is 2. The number of aliphatic hydroxyl groups excluding tert-OH is 1. The number of hydrogen-bond acceptors (Lipinski definition) is 5. The summed E-state index contributed by atoms with van der Waals surface area (Å²) in [6, 6.07) is 14.6. The number of pyridine rings is 1.